The van der Waals surface area contributed by atoms with E-state index >= 15 is 0 Å². The molecule has 172 valence electrons. The quantitative estimate of drug-likeness (QED) is 0.261. The molecular weight excluding hydrogens is 440 g/mol. The zero-order valence-corrected chi connectivity index (χ0v) is 20.2. The predicted octanol–water partition coefficient (Wildman–Crippen LogP) is 8.88. The fourth-order valence-corrected chi connectivity index (χ4v) is 5.31. The summed E-state index contributed by atoms with van der Waals surface area (Å²) < 4.78 is 8.40. The van der Waals surface area contributed by atoms with Crippen LogP contribution in [0.5, 0.6) is 0 Å². The van der Waals surface area contributed by atoms with Gasteiger partial charge in [-0.1, -0.05) is 72.8 Å². The Balaban J connectivity index is 1.55. The van der Waals surface area contributed by atoms with Crippen molar-refractivity contribution in [1.82, 2.24) is 9.55 Å². The van der Waals surface area contributed by atoms with Crippen LogP contribution in [0.25, 0.3) is 61.2 Å². The molecule has 0 saturated carbocycles. The first-order valence-corrected chi connectivity index (χ1v) is 12.2. The van der Waals surface area contributed by atoms with E-state index in [9.17, 15) is 0 Å². The fourth-order valence-electron chi connectivity index (χ4n) is 5.31. The SMILES string of the molecule is Cc1ccccc1-c1ccc2c(c1)c1cc(-c3ccccc3C)ccc1n2-c1nc2ccccc2o1. The van der Waals surface area contributed by atoms with Gasteiger partial charge in [-0.05, 0) is 83.6 Å². The highest BCUT2D eigenvalue weighted by atomic mass is 16.4. The molecule has 7 aromatic rings. The third-order valence-corrected chi connectivity index (χ3v) is 7.15. The van der Waals surface area contributed by atoms with Crippen LogP contribution in [-0.4, -0.2) is 9.55 Å². The highest BCUT2D eigenvalue weighted by Gasteiger charge is 2.18. The molecule has 0 unspecified atom stereocenters. The molecule has 5 aromatic carbocycles. The molecule has 0 aliphatic heterocycles. The van der Waals surface area contributed by atoms with Crippen LogP contribution in [0, 0.1) is 13.8 Å². The minimum atomic E-state index is 0.587. The number of hydrogen-bond acceptors (Lipinski definition) is 2. The van der Waals surface area contributed by atoms with Crippen LogP contribution in [0.1, 0.15) is 11.1 Å². The standard InChI is InChI=1S/C33H24N2O/c1-21-9-3-5-11-25(21)23-15-17-30-27(19-23)28-20-24(26-12-6-4-10-22(26)2)16-18-31(28)35(30)33-34-29-13-7-8-14-32(29)36-33/h3-20H,1-2H3. The molecule has 0 N–H and O–H groups in total. The molecule has 0 amide bonds. The van der Waals surface area contributed by atoms with Gasteiger partial charge in [0.2, 0.25) is 0 Å². The first-order valence-electron chi connectivity index (χ1n) is 12.2. The molecule has 0 atom stereocenters. The summed E-state index contributed by atoms with van der Waals surface area (Å²) in [5, 5.41) is 2.37. The molecular formula is C33H24N2O. The Morgan fingerprint density at radius 2 is 1.11 bits per heavy atom. The minimum Gasteiger partial charge on any atom is -0.423 e. The Morgan fingerprint density at radius 3 is 1.67 bits per heavy atom. The van der Waals surface area contributed by atoms with Crippen molar-refractivity contribution in [3.05, 3.63) is 120 Å². The number of oxazole rings is 1. The van der Waals surface area contributed by atoms with Gasteiger partial charge in [-0.15, -0.1) is 0 Å². The van der Waals surface area contributed by atoms with Crippen LogP contribution in [0.15, 0.2) is 114 Å². The van der Waals surface area contributed by atoms with E-state index in [0.29, 0.717) is 6.01 Å². The van der Waals surface area contributed by atoms with Gasteiger partial charge in [0.15, 0.2) is 5.58 Å². The van der Waals surface area contributed by atoms with Crippen molar-refractivity contribution < 1.29 is 4.42 Å². The number of rotatable bonds is 3. The van der Waals surface area contributed by atoms with Crippen LogP contribution in [0.3, 0.4) is 0 Å². The lowest BCUT2D eigenvalue weighted by molar-refractivity contribution is 0.574. The van der Waals surface area contributed by atoms with Gasteiger partial charge in [0.05, 0.1) is 11.0 Å². The maximum absolute atomic E-state index is 6.25. The van der Waals surface area contributed by atoms with Crippen molar-refractivity contribution in [3.8, 4) is 28.3 Å². The van der Waals surface area contributed by atoms with Crippen molar-refractivity contribution in [2.75, 3.05) is 0 Å². The van der Waals surface area contributed by atoms with Gasteiger partial charge in [-0.25, -0.2) is 0 Å². The number of aryl methyl sites for hydroxylation is 2. The molecule has 0 fully saturated rings. The van der Waals surface area contributed by atoms with E-state index in [4.69, 9.17) is 9.40 Å². The van der Waals surface area contributed by atoms with E-state index in [1.807, 2.05) is 24.3 Å². The highest BCUT2D eigenvalue weighted by molar-refractivity contribution is 6.11. The van der Waals surface area contributed by atoms with Crippen LogP contribution >= 0.6 is 0 Å². The summed E-state index contributed by atoms with van der Waals surface area (Å²) in [6.07, 6.45) is 0. The zero-order valence-electron chi connectivity index (χ0n) is 20.2. The summed E-state index contributed by atoms with van der Waals surface area (Å²) in [5.41, 5.74) is 11.2. The van der Waals surface area contributed by atoms with Crippen LogP contribution < -0.4 is 0 Å². The average molecular weight is 465 g/mol. The average Bonchev–Trinajstić information content (AvgIpc) is 3.47. The number of hydrogen-bond donors (Lipinski definition) is 0. The van der Waals surface area contributed by atoms with Crippen molar-refractivity contribution in [3.63, 3.8) is 0 Å². The second-order valence-electron chi connectivity index (χ2n) is 9.39. The number of nitrogens with zero attached hydrogens (tertiary/aromatic N) is 2. The molecule has 3 heteroatoms. The Morgan fingerprint density at radius 1 is 0.583 bits per heavy atom. The topological polar surface area (TPSA) is 31.0 Å². The maximum Gasteiger partial charge on any atom is 0.307 e. The lowest BCUT2D eigenvalue weighted by Gasteiger charge is -2.07. The summed E-state index contributed by atoms with van der Waals surface area (Å²) >= 11 is 0. The summed E-state index contributed by atoms with van der Waals surface area (Å²) in [4.78, 5) is 4.84. The van der Waals surface area contributed by atoms with Crippen LogP contribution in [0.2, 0.25) is 0 Å². The summed E-state index contributed by atoms with van der Waals surface area (Å²) in [6, 6.07) is 39.0. The second-order valence-corrected chi connectivity index (χ2v) is 9.39. The summed E-state index contributed by atoms with van der Waals surface area (Å²) in [5.74, 6) is 0. The third kappa shape index (κ3) is 3.17. The molecule has 7 rings (SSSR count). The molecule has 2 heterocycles. The lowest BCUT2D eigenvalue weighted by atomic mass is 9.97. The summed E-state index contributed by atoms with van der Waals surface area (Å²) in [7, 11) is 0. The molecule has 0 saturated heterocycles. The second kappa shape index (κ2) is 7.96. The predicted molar refractivity (Wildman–Crippen MR) is 149 cm³/mol. The number of aromatic nitrogens is 2. The van der Waals surface area contributed by atoms with Crippen molar-refractivity contribution in [2.45, 2.75) is 13.8 Å². The highest BCUT2D eigenvalue weighted by Crippen LogP contribution is 2.38. The van der Waals surface area contributed by atoms with Crippen LogP contribution in [0.4, 0.5) is 0 Å². The van der Waals surface area contributed by atoms with E-state index in [-0.39, 0.29) is 0 Å². The molecule has 0 bridgehead atoms. The minimum absolute atomic E-state index is 0.587. The fraction of sp³-hybridized carbons (Fsp3) is 0.0606. The molecule has 36 heavy (non-hydrogen) atoms. The third-order valence-electron chi connectivity index (χ3n) is 7.15. The Hall–Kier alpha value is -4.63. The van der Waals surface area contributed by atoms with E-state index < -0.39 is 0 Å². The first-order chi connectivity index (χ1) is 17.7. The normalized spacial score (nSPS) is 11.6. The molecule has 0 aliphatic carbocycles. The first kappa shape index (κ1) is 20.7. The molecule has 2 aromatic heterocycles. The maximum atomic E-state index is 6.25. The number of benzene rings is 5. The van der Waals surface area contributed by atoms with Gasteiger partial charge in [0.1, 0.15) is 5.52 Å². The van der Waals surface area contributed by atoms with E-state index in [1.165, 1.54) is 44.2 Å². The van der Waals surface area contributed by atoms with E-state index in [2.05, 4.69) is 103 Å². The van der Waals surface area contributed by atoms with Crippen molar-refractivity contribution in [1.29, 1.82) is 0 Å². The number of para-hydroxylation sites is 2. The van der Waals surface area contributed by atoms with Gasteiger partial charge < -0.3 is 4.42 Å². The number of fused-ring (bicyclic) bond motifs is 4. The Kier molecular flexibility index (Phi) is 4.58. The molecule has 0 spiro atoms. The van der Waals surface area contributed by atoms with Gasteiger partial charge in [-0.3, -0.25) is 4.57 Å². The van der Waals surface area contributed by atoms with Crippen molar-refractivity contribution >= 4 is 32.9 Å². The lowest BCUT2D eigenvalue weighted by Crippen LogP contribution is -1.94. The van der Waals surface area contributed by atoms with E-state index in [0.717, 1.165) is 22.1 Å². The molecule has 3 nitrogen and oxygen atoms in total. The van der Waals surface area contributed by atoms with Gasteiger partial charge in [0.25, 0.3) is 0 Å². The Labute approximate surface area is 209 Å². The zero-order chi connectivity index (χ0) is 24.2. The largest absolute Gasteiger partial charge is 0.423 e. The van der Waals surface area contributed by atoms with Gasteiger partial charge >= 0.3 is 6.01 Å². The van der Waals surface area contributed by atoms with E-state index in [1.54, 1.807) is 0 Å². The monoisotopic (exact) mass is 464 g/mol. The Bertz CT molecular complexity index is 1790. The van der Waals surface area contributed by atoms with Crippen molar-refractivity contribution in [2.24, 2.45) is 0 Å². The smallest absolute Gasteiger partial charge is 0.307 e. The molecule has 0 radical (unpaired) electrons. The molecule has 0 aliphatic rings. The van der Waals surface area contributed by atoms with Gasteiger partial charge in [0, 0.05) is 10.8 Å². The van der Waals surface area contributed by atoms with Gasteiger partial charge in [-0.2, -0.15) is 4.98 Å². The summed E-state index contributed by atoms with van der Waals surface area (Å²) in [6.45, 7) is 4.33. The van der Waals surface area contributed by atoms with Crippen LogP contribution in [-0.2, 0) is 0 Å².